The monoisotopic (exact) mass is 684 g/mol. The van der Waals surface area contributed by atoms with Crippen LogP contribution in [0.5, 0.6) is 0 Å². The molecule has 7 nitrogen and oxygen atoms in total. The largest absolute Gasteiger partial charge is 0.418 e. The molecule has 0 atom stereocenters. The number of hydrogen-bond donors (Lipinski definition) is 1. The van der Waals surface area contributed by atoms with Gasteiger partial charge < -0.3 is 5.32 Å². The maximum atomic E-state index is 14.8. The molecule has 49 heavy (non-hydrogen) atoms. The lowest BCUT2D eigenvalue weighted by molar-refractivity contribution is -0.137. The van der Waals surface area contributed by atoms with Crippen LogP contribution in [0.15, 0.2) is 65.7 Å². The summed E-state index contributed by atoms with van der Waals surface area (Å²) in [4.78, 5) is 23.4. The third-order valence-electron chi connectivity index (χ3n) is 10.2. The van der Waals surface area contributed by atoms with Crippen LogP contribution in [0.2, 0.25) is 0 Å². The van der Waals surface area contributed by atoms with Gasteiger partial charge in [-0.3, -0.25) is 18.3 Å². The molecule has 3 saturated carbocycles. The maximum Gasteiger partial charge on any atom is 0.418 e. The van der Waals surface area contributed by atoms with E-state index in [-0.39, 0.29) is 52.0 Å². The number of hydrogen-bond acceptors (Lipinski definition) is 6. The van der Waals surface area contributed by atoms with E-state index in [0.29, 0.717) is 34.9 Å². The molecule has 5 aromatic rings. The summed E-state index contributed by atoms with van der Waals surface area (Å²) in [5.41, 5.74) is 2.23. The molecule has 4 heterocycles. The van der Waals surface area contributed by atoms with Crippen LogP contribution in [0.4, 0.5) is 17.1 Å². The first kappa shape index (κ1) is 31.8. The molecule has 0 amide bonds. The number of nitrogens with one attached hydrogen (secondary N) is 1. The van der Waals surface area contributed by atoms with Crippen LogP contribution in [0, 0.1) is 11.3 Å². The molecule has 0 saturated heterocycles. The molecule has 8 rings (SSSR count). The van der Waals surface area contributed by atoms with Gasteiger partial charge in [0.25, 0.3) is 5.56 Å². The fourth-order valence-corrected chi connectivity index (χ4v) is 7.39. The van der Waals surface area contributed by atoms with Gasteiger partial charge in [0.05, 0.1) is 22.9 Å². The average molecular weight is 685 g/mol. The topological polar surface area (TPSA) is 88.5 Å². The van der Waals surface area contributed by atoms with Crippen LogP contribution in [0.3, 0.4) is 0 Å². The highest BCUT2D eigenvalue weighted by Crippen LogP contribution is 2.46. The lowest BCUT2D eigenvalue weighted by Gasteiger charge is -2.39. The van der Waals surface area contributed by atoms with Crippen molar-refractivity contribution in [2.45, 2.75) is 82.0 Å². The molecule has 3 aliphatic rings. The van der Waals surface area contributed by atoms with E-state index in [1.54, 1.807) is 18.2 Å². The summed E-state index contributed by atoms with van der Waals surface area (Å²) in [5.74, 6) is 0.666. The van der Waals surface area contributed by atoms with E-state index in [0.717, 1.165) is 62.0 Å². The highest BCUT2D eigenvalue weighted by Gasteiger charge is 2.36. The lowest BCUT2D eigenvalue weighted by Crippen LogP contribution is -2.47. The molecule has 0 radical (unpaired) electrons. The normalized spacial score (nSPS) is 17.2. The summed E-state index contributed by atoms with van der Waals surface area (Å²) in [6, 6.07) is 14.3. The van der Waals surface area contributed by atoms with E-state index in [4.69, 9.17) is 4.98 Å². The van der Waals surface area contributed by atoms with Gasteiger partial charge in [-0.25, -0.2) is 4.98 Å². The minimum Gasteiger partial charge on any atom is -0.306 e. The van der Waals surface area contributed by atoms with E-state index in [1.165, 1.54) is 26.9 Å². The van der Waals surface area contributed by atoms with Crippen molar-refractivity contribution in [1.82, 2.24) is 23.8 Å². The number of nitriles is 1. The first-order valence-corrected chi connectivity index (χ1v) is 17.2. The number of rotatable bonds is 9. The standard InChI is InChI=1S/C37H32F4N6OS/c1-36(11-3-12-36)44-19-25-17-28-29(22-6-7-22)20-46(35(48)34(28)47(25)49-41)32-16-24(15-31(45-32)23-8-9-23)26-10-5-21(18-42)14-27(26)33-30(37(38,39)40)4-2-13-43-33/h2,4-5,10,13-17,20,22-23,44H,3,6-9,11-12,19H2,1H3. The van der Waals surface area contributed by atoms with Crippen LogP contribution in [0.1, 0.15) is 91.8 Å². The Morgan fingerprint density at radius 2 is 1.84 bits per heavy atom. The number of benzene rings is 1. The second-order valence-electron chi connectivity index (χ2n) is 13.7. The van der Waals surface area contributed by atoms with E-state index < -0.39 is 17.3 Å². The molecule has 0 bridgehead atoms. The van der Waals surface area contributed by atoms with Gasteiger partial charge in [-0.1, -0.05) is 6.07 Å². The Hall–Kier alpha value is -4.47. The molecule has 0 aliphatic heterocycles. The number of nitrogens with zero attached hydrogens (tertiary/aromatic N) is 5. The zero-order chi connectivity index (χ0) is 34.1. The molecule has 3 fully saturated rings. The predicted molar refractivity (Wildman–Crippen MR) is 181 cm³/mol. The zero-order valence-corrected chi connectivity index (χ0v) is 27.5. The quantitative estimate of drug-likeness (QED) is 0.156. The van der Waals surface area contributed by atoms with Gasteiger partial charge in [0.1, 0.15) is 11.3 Å². The Morgan fingerprint density at radius 3 is 2.49 bits per heavy atom. The first-order valence-electron chi connectivity index (χ1n) is 16.5. The van der Waals surface area contributed by atoms with Crippen LogP contribution in [-0.2, 0) is 12.7 Å². The smallest absolute Gasteiger partial charge is 0.306 e. The van der Waals surface area contributed by atoms with Crippen molar-refractivity contribution < 1.29 is 17.1 Å². The van der Waals surface area contributed by atoms with E-state index in [1.807, 2.05) is 24.4 Å². The van der Waals surface area contributed by atoms with Crippen molar-refractivity contribution in [3.8, 4) is 34.3 Å². The minimum atomic E-state index is -4.68. The summed E-state index contributed by atoms with van der Waals surface area (Å²) in [6.07, 6.45) is 5.35. The third kappa shape index (κ3) is 5.82. The van der Waals surface area contributed by atoms with Gasteiger partial charge in [-0.15, -0.1) is 3.89 Å². The number of pyridine rings is 3. The zero-order valence-electron chi connectivity index (χ0n) is 26.6. The number of alkyl halides is 3. The van der Waals surface area contributed by atoms with Crippen LogP contribution in [0.25, 0.3) is 39.1 Å². The van der Waals surface area contributed by atoms with Gasteiger partial charge in [0, 0.05) is 52.7 Å². The number of fused-ring (bicyclic) bond motifs is 1. The fraction of sp³-hybridized carbons (Fsp3) is 0.351. The summed E-state index contributed by atoms with van der Waals surface area (Å²) in [6.45, 7) is 2.57. The summed E-state index contributed by atoms with van der Waals surface area (Å²) >= 11 is 0.00877. The lowest BCUT2D eigenvalue weighted by atomic mass is 9.78. The van der Waals surface area contributed by atoms with Gasteiger partial charge in [-0.2, -0.15) is 18.4 Å². The SMILES string of the molecule is CC1(NCc2cc3c(C4CC4)cn(-c4cc(-c5ccc(C#N)cc5-c5ncccc5C(F)(F)F)cc(C5CC5)n4)c(=O)c3n2SF)CCC1. The molecular formula is C37H32F4N6OS. The van der Waals surface area contributed by atoms with Crippen molar-refractivity contribution >= 4 is 23.2 Å². The van der Waals surface area contributed by atoms with Crippen molar-refractivity contribution in [3.63, 3.8) is 0 Å². The summed E-state index contributed by atoms with van der Waals surface area (Å²) in [5, 5.41) is 14.0. The van der Waals surface area contributed by atoms with E-state index >= 15 is 0 Å². The van der Waals surface area contributed by atoms with Crippen LogP contribution in [-0.4, -0.2) is 24.0 Å². The van der Waals surface area contributed by atoms with Crippen LogP contribution >= 0.6 is 12.3 Å². The minimum absolute atomic E-state index is 0.00814. The maximum absolute atomic E-state index is 14.8. The Kier molecular flexibility index (Phi) is 7.68. The molecule has 3 aliphatic carbocycles. The fourth-order valence-electron chi connectivity index (χ4n) is 6.94. The van der Waals surface area contributed by atoms with Gasteiger partial charge in [0.2, 0.25) is 0 Å². The predicted octanol–water partition coefficient (Wildman–Crippen LogP) is 8.97. The van der Waals surface area contributed by atoms with Gasteiger partial charge in [-0.05, 0) is 117 Å². The number of aromatic nitrogens is 4. The Morgan fingerprint density at radius 1 is 1.06 bits per heavy atom. The van der Waals surface area contributed by atoms with Crippen molar-refractivity contribution in [1.29, 1.82) is 5.26 Å². The second-order valence-corrected chi connectivity index (χ2v) is 14.2. The molecule has 0 unspecified atom stereocenters. The number of halogens is 4. The highest BCUT2D eigenvalue weighted by molar-refractivity contribution is 7.93. The molecule has 250 valence electrons. The summed E-state index contributed by atoms with van der Waals surface area (Å²) < 4.78 is 60.2. The second kappa shape index (κ2) is 11.8. The third-order valence-corrected chi connectivity index (χ3v) is 10.7. The first-order chi connectivity index (χ1) is 23.6. The van der Waals surface area contributed by atoms with Crippen LogP contribution < -0.4 is 10.9 Å². The van der Waals surface area contributed by atoms with Crippen molar-refractivity contribution in [3.05, 3.63) is 99.4 Å². The molecule has 12 heteroatoms. The van der Waals surface area contributed by atoms with Gasteiger partial charge in [0.15, 0.2) is 12.3 Å². The average Bonchev–Trinajstić information content (AvgIpc) is 4.03. The van der Waals surface area contributed by atoms with Gasteiger partial charge >= 0.3 is 6.18 Å². The molecule has 1 aromatic carbocycles. The Bertz CT molecular complexity index is 2220. The molecule has 1 N–H and O–H groups in total. The van der Waals surface area contributed by atoms with Crippen molar-refractivity contribution in [2.75, 3.05) is 0 Å². The highest BCUT2D eigenvalue weighted by atomic mass is 32.2. The van der Waals surface area contributed by atoms with E-state index in [9.17, 15) is 27.1 Å². The van der Waals surface area contributed by atoms with E-state index in [2.05, 4.69) is 17.2 Å². The summed E-state index contributed by atoms with van der Waals surface area (Å²) in [7, 11) is 0. The Labute approximate surface area is 284 Å². The molecule has 0 spiro atoms. The van der Waals surface area contributed by atoms with Crippen molar-refractivity contribution in [2.24, 2.45) is 0 Å². The molecule has 4 aromatic heterocycles. The molecular weight excluding hydrogens is 653 g/mol. The Balaban J connectivity index is 1.32.